The molecule has 2 aliphatic rings. The van der Waals surface area contributed by atoms with Crippen molar-refractivity contribution in [3.05, 3.63) is 24.3 Å². The van der Waals surface area contributed by atoms with E-state index in [4.69, 9.17) is 10.5 Å². The Labute approximate surface area is 125 Å². The van der Waals surface area contributed by atoms with E-state index in [9.17, 15) is 4.79 Å². The summed E-state index contributed by atoms with van der Waals surface area (Å²) in [7, 11) is 0. The first-order valence-electron chi connectivity index (χ1n) is 7.74. The number of ether oxygens (including phenoxy) is 1. The fraction of sp³-hybridized carbons (Fsp3) is 0.562. The van der Waals surface area contributed by atoms with Gasteiger partial charge in [0, 0.05) is 30.4 Å². The molecular weight excluding hydrogens is 266 g/mol. The van der Waals surface area contributed by atoms with E-state index in [0.29, 0.717) is 17.5 Å². The summed E-state index contributed by atoms with van der Waals surface area (Å²) in [6, 6.07) is 7.95. The molecule has 1 aromatic rings. The van der Waals surface area contributed by atoms with Crippen LogP contribution in [0.25, 0.3) is 0 Å². The van der Waals surface area contributed by atoms with E-state index in [0.717, 1.165) is 13.0 Å². The number of rotatable bonds is 4. The minimum Gasteiger partial charge on any atom is -0.484 e. The van der Waals surface area contributed by atoms with Crippen molar-refractivity contribution in [1.82, 2.24) is 10.2 Å². The molecule has 2 saturated heterocycles. The smallest absolute Gasteiger partial charge is 0.258 e. The van der Waals surface area contributed by atoms with Gasteiger partial charge in [0.1, 0.15) is 5.75 Å². The minimum atomic E-state index is -0.0464. The van der Waals surface area contributed by atoms with Crippen molar-refractivity contribution in [2.24, 2.45) is 0 Å². The van der Waals surface area contributed by atoms with Gasteiger partial charge in [0.25, 0.3) is 5.91 Å². The molecule has 2 aliphatic heterocycles. The number of nitrogens with two attached hydrogens (primary N) is 1. The van der Waals surface area contributed by atoms with E-state index < -0.39 is 0 Å². The normalized spacial score (nSPS) is 25.3. The molecule has 0 radical (unpaired) electrons. The Bertz CT molecular complexity index is 506. The van der Waals surface area contributed by atoms with Crippen LogP contribution in [0.1, 0.15) is 25.7 Å². The molecular formula is C16H23N3O2. The number of hydrogen-bond donors (Lipinski definition) is 2. The van der Waals surface area contributed by atoms with E-state index in [-0.39, 0.29) is 18.6 Å². The van der Waals surface area contributed by atoms with E-state index in [1.807, 2.05) is 12.1 Å². The van der Waals surface area contributed by atoms with Crippen molar-refractivity contribution < 1.29 is 9.53 Å². The molecule has 0 spiro atoms. The lowest BCUT2D eigenvalue weighted by atomic mass is 9.99. The average molecular weight is 289 g/mol. The molecule has 3 rings (SSSR count). The van der Waals surface area contributed by atoms with Crippen molar-refractivity contribution in [2.45, 2.75) is 37.8 Å². The number of nitrogens with one attached hydrogen (secondary N) is 1. The summed E-state index contributed by atoms with van der Waals surface area (Å²) < 4.78 is 5.49. The Balaban J connectivity index is 1.48. The summed E-state index contributed by atoms with van der Waals surface area (Å²) in [5.74, 6) is 0.589. The van der Waals surface area contributed by atoms with Crippen LogP contribution in [0, 0.1) is 0 Å². The average Bonchev–Trinajstić information content (AvgIpc) is 2.89. The number of piperidine rings is 1. The third-order valence-electron chi connectivity index (χ3n) is 4.43. The van der Waals surface area contributed by atoms with Crippen molar-refractivity contribution in [1.29, 1.82) is 0 Å². The van der Waals surface area contributed by atoms with Gasteiger partial charge in [-0.15, -0.1) is 0 Å². The maximum Gasteiger partial charge on any atom is 0.258 e. The molecule has 2 heterocycles. The van der Waals surface area contributed by atoms with Crippen molar-refractivity contribution in [2.75, 3.05) is 25.4 Å². The number of carbonyl (C=O) groups is 1. The summed E-state index contributed by atoms with van der Waals surface area (Å²) in [6.45, 7) is 2.33. The number of anilines is 1. The van der Waals surface area contributed by atoms with Crippen LogP contribution in [0.4, 0.5) is 5.69 Å². The summed E-state index contributed by atoms with van der Waals surface area (Å²) in [5, 5.41) is 3.13. The number of nitrogens with zero attached hydrogens (tertiary/aromatic N) is 1. The molecule has 114 valence electrons. The lowest BCUT2D eigenvalue weighted by Crippen LogP contribution is -2.47. The molecule has 2 unspecified atom stereocenters. The van der Waals surface area contributed by atoms with Crippen LogP contribution in [0.2, 0.25) is 0 Å². The van der Waals surface area contributed by atoms with Crippen LogP contribution in [-0.4, -0.2) is 42.6 Å². The zero-order chi connectivity index (χ0) is 14.7. The molecule has 0 bridgehead atoms. The highest BCUT2D eigenvalue weighted by Crippen LogP contribution is 2.27. The van der Waals surface area contributed by atoms with Gasteiger partial charge < -0.3 is 15.8 Å². The number of amides is 1. The predicted octanol–water partition coefficient (Wildman–Crippen LogP) is 1.39. The van der Waals surface area contributed by atoms with Crippen LogP contribution in [0.5, 0.6) is 5.75 Å². The van der Waals surface area contributed by atoms with Gasteiger partial charge in [-0.3, -0.25) is 9.69 Å². The van der Waals surface area contributed by atoms with Crippen LogP contribution >= 0.6 is 0 Å². The van der Waals surface area contributed by atoms with E-state index in [2.05, 4.69) is 10.2 Å². The number of carbonyl (C=O) groups excluding carboxylic acids is 1. The lowest BCUT2D eigenvalue weighted by Gasteiger charge is -2.32. The minimum absolute atomic E-state index is 0.0464. The standard InChI is InChI=1S/C16H23N3O2/c17-12-4-3-5-13(10-12)21-11-16(20)18-14-7-9-19-8-2-1-6-15(14)19/h3-5,10,14-15H,1-2,6-9,11,17H2,(H,18,20). The number of nitrogen functional groups attached to an aromatic ring is 1. The van der Waals surface area contributed by atoms with Gasteiger partial charge in [0.15, 0.2) is 6.61 Å². The van der Waals surface area contributed by atoms with E-state index in [1.165, 1.54) is 25.8 Å². The Kier molecular flexibility index (Phi) is 4.29. The summed E-state index contributed by atoms with van der Waals surface area (Å²) in [5.41, 5.74) is 6.32. The second-order valence-corrected chi connectivity index (χ2v) is 5.92. The Hall–Kier alpha value is -1.75. The number of fused-ring (bicyclic) bond motifs is 1. The van der Waals surface area contributed by atoms with E-state index >= 15 is 0 Å². The molecule has 1 aromatic carbocycles. The first-order chi connectivity index (χ1) is 10.2. The van der Waals surface area contributed by atoms with Gasteiger partial charge in [-0.2, -0.15) is 0 Å². The first-order valence-corrected chi connectivity index (χ1v) is 7.74. The first kappa shape index (κ1) is 14.2. The second-order valence-electron chi connectivity index (χ2n) is 5.92. The maximum atomic E-state index is 12.0. The Morgan fingerprint density at radius 3 is 3.10 bits per heavy atom. The maximum absolute atomic E-state index is 12.0. The highest BCUT2D eigenvalue weighted by atomic mass is 16.5. The Morgan fingerprint density at radius 1 is 1.33 bits per heavy atom. The molecule has 2 atom stereocenters. The largest absolute Gasteiger partial charge is 0.484 e. The zero-order valence-electron chi connectivity index (χ0n) is 12.3. The topological polar surface area (TPSA) is 67.6 Å². The highest BCUT2D eigenvalue weighted by Gasteiger charge is 2.36. The molecule has 0 saturated carbocycles. The molecule has 0 aliphatic carbocycles. The molecule has 5 nitrogen and oxygen atoms in total. The molecule has 5 heteroatoms. The third-order valence-corrected chi connectivity index (χ3v) is 4.43. The van der Waals surface area contributed by atoms with Crippen molar-refractivity contribution in [3.63, 3.8) is 0 Å². The molecule has 0 aromatic heterocycles. The zero-order valence-corrected chi connectivity index (χ0v) is 12.3. The van der Waals surface area contributed by atoms with Gasteiger partial charge in [0.05, 0.1) is 0 Å². The van der Waals surface area contributed by atoms with Gasteiger partial charge in [-0.1, -0.05) is 12.5 Å². The van der Waals surface area contributed by atoms with Gasteiger partial charge in [-0.25, -0.2) is 0 Å². The van der Waals surface area contributed by atoms with Gasteiger partial charge in [-0.05, 0) is 37.9 Å². The van der Waals surface area contributed by atoms with Gasteiger partial charge >= 0.3 is 0 Å². The van der Waals surface area contributed by atoms with Gasteiger partial charge in [0.2, 0.25) is 0 Å². The lowest BCUT2D eigenvalue weighted by molar-refractivity contribution is -0.124. The fourth-order valence-corrected chi connectivity index (χ4v) is 3.42. The molecule has 1 amide bonds. The third kappa shape index (κ3) is 3.47. The van der Waals surface area contributed by atoms with Crippen LogP contribution < -0.4 is 15.8 Å². The molecule has 3 N–H and O–H groups in total. The Morgan fingerprint density at radius 2 is 2.24 bits per heavy atom. The summed E-state index contributed by atoms with van der Waals surface area (Å²) in [6.07, 6.45) is 4.80. The van der Waals surface area contributed by atoms with Crippen LogP contribution in [0.3, 0.4) is 0 Å². The number of hydrogen-bond acceptors (Lipinski definition) is 4. The quantitative estimate of drug-likeness (QED) is 0.822. The second kappa shape index (κ2) is 6.35. The van der Waals surface area contributed by atoms with Crippen molar-refractivity contribution in [3.8, 4) is 5.75 Å². The molecule has 21 heavy (non-hydrogen) atoms. The monoisotopic (exact) mass is 289 g/mol. The van der Waals surface area contributed by atoms with Crippen LogP contribution in [-0.2, 0) is 4.79 Å². The van der Waals surface area contributed by atoms with Crippen molar-refractivity contribution >= 4 is 11.6 Å². The summed E-state index contributed by atoms with van der Waals surface area (Å²) in [4.78, 5) is 14.6. The summed E-state index contributed by atoms with van der Waals surface area (Å²) >= 11 is 0. The van der Waals surface area contributed by atoms with Crippen LogP contribution in [0.15, 0.2) is 24.3 Å². The highest BCUT2D eigenvalue weighted by molar-refractivity contribution is 5.78. The van der Waals surface area contributed by atoms with E-state index in [1.54, 1.807) is 12.1 Å². The SMILES string of the molecule is Nc1cccc(OCC(=O)NC2CCN3CCCCC23)c1. The fourth-order valence-electron chi connectivity index (χ4n) is 3.42. The number of benzene rings is 1. The molecule has 2 fully saturated rings. The predicted molar refractivity (Wildman–Crippen MR) is 82.1 cm³/mol.